The van der Waals surface area contributed by atoms with Gasteiger partial charge in [0.05, 0.1) is 20.6 Å². The van der Waals surface area contributed by atoms with Crippen LogP contribution in [0.25, 0.3) is 0 Å². The first kappa shape index (κ1) is 31.7. The molecule has 0 heterocycles. The van der Waals surface area contributed by atoms with Crippen LogP contribution in [0.4, 0.5) is 0 Å². The van der Waals surface area contributed by atoms with E-state index in [0.29, 0.717) is 19.4 Å². The zero-order chi connectivity index (χ0) is 24.3. The van der Waals surface area contributed by atoms with Gasteiger partial charge in [-0.25, -0.2) is 0 Å². The van der Waals surface area contributed by atoms with Gasteiger partial charge in [-0.15, -0.1) is 0 Å². The van der Waals surface area contributed by atoms with E-state index >= 15 is 0 Å². The molecule has 0 spiro atoms. The van der Waals surface area contributed by atoms with E-state index in [9.17, 15) is 19.7 Å². The molecule has 2 unspecified atom stereocenters. The van der Waals surface area contributed by atoms with Gasteiger partial charge in [-0.3, -0.25) is 4.48 Å². The molecular weight excluding hydrogens is 421 g/mol. The number of unbranched alkanes of at least 4 members (excludes halogenated alkanes) is 12. The Balaban J connectivity index is 3.99. The van der Waals surface area contributed by atoms with Crippen molar-refractivity contribution in [3.63, 3.8) is 0 Å². The second-order valence-electron chi connectivity index (χ2n) is 9.96. The number of hydrogen-bond acceptors (Lipinski definition) is 4. The minimum Gasteiger partial charge on any atom is -0.590 e. The number of hydrogen-bond donors (Lipinski definition) is 2. The summed E-state index contributed by atoms with van der Waals surface area (Å²) in [5.74, 6) is 0. The molecule has 6 heteroatoms. The molecule has 0 aliphatic heterocycles. The van der Waals surface area contributed by atoms with Gasteiger partial charge >= 0.3 is 8.03 Å². The summed E-state index contributed by atoms with van der Waals surface area (Å²) in [5.41, 5.74) is 0. The van der Waals surface area contributed by atoms with E-state index < -0.39 is 19.6 Å². The molecule has 0 saturated carbocycles. The van der Waals surface area contributed by atoms with Crippen molar-refractivity contribution in [1.82, 2.24) is 0 Å². The molecule has 5 nitrogen and oxygen atoms in total. The summed E-state index contributed by atoms with van der Waals surface area (Å²) in [4.78, 5) is 12.2. The summed E-state index contributed by atoms with van der Waals surface area (Å²) in [7, 11) is 1.19. The van der Waals surface area contributed by atoms with Crippen LogP contribution in [0.3, 0.4) is 0 Å². The zero-order valence-corrected chi connectivity index (χ0v) is 22.5. The highest BCUT2D eigenvalue weighted by Crippen LogP contribution is 2.46. The van der Waals surface area contributed by atoms with Gasteiger partial charge in [0.2, 0.25) is 0 Å². The number of aliphatic hydroxyl groups excluding tert-OH is 1. The molecule has 0 aromatic rings. The second-order valence-corrected chi connectivity index (χ2v) is 11.3. The van der Waals surface area contributed by atoms with E-state index in [1.807, 2.05) is 21.0 Å². The highest BCUT2D eigenvalue weighted by Gasteiger charge is 2.54. The third-order valence-electron chi connectivity index (χ3n) is 7.07. The third-order valence-corrected chi connectivity index (χ3v) is 8.83. The van der Waals surface area contributed by atoms with Crippen LogP contribution in [0.5, 0.6) is 0 Å². The number of allylic oxidation sites excluding steroid dienone is 2. The Morgan fingerprint density at radius 1 is 0.844 bits per heavy atom. The Labute approximate surface area is 199 Å². The van der Waals surface area contributed by atoms with Crippen molar-refractivity contribution in [3.8, 4) is 0 Å². The summed E-state index contributed by atoms with van der Waals surface area (Å²) in [6, 6.07) is 0. The van der Waals surface area contributed by atoms with Crippen LogP contribution in [0.2, 0.25) is 0 Å². The Bertz CT molecular complexity index is 496. The number of rotatable bonds is 22. The Morgan fingerprint density at radius 2 is 1.31 bits per heavy atom. The van der Waals surface area contributed by atoms with E-state index in [2.05, 4.69) is 19.1 Å². The normalized spacial score (nSPS) is 14.9. The fourth-order valence-electron chi connectivity index (χ4n) is 4.65. The molecule has 0 radical (unpaired) electrons. The van der Waals surface area contributed by atoms with Crippen LogP contribution in [0.15, 0.2) is 12.2 Å². The van der Waals surface area contributed by atoms with Crippen molar-refractivity contribution in [1.29, 1.82) is 0 Å². The summed E-state index contributed by atoms with van der Waals surface area (Å²) in [6.45, 7) is 4.62. The molecule has 2 N–H and O–H groups in total. The lowest BCUT2D eigenvalue weighted by atomic mass is 10.00. The molecule has 0 bridgehead atoms. The highest BCUT2D eigenvalue weighted by molar-refractivity contribution is 7.38. The molecule has 0 fully saturated rings. The predicted octanol–water partition coefficient (Wildman–Crippen LogP) is 6.40. The summed E-state index contributed by atoms with van der Waals surface area (Å²) in [6.07, 6.45) is 22.0. The van der Waals surface area contributed by atoms with Gasteiger partial charge in [0.25, 0.3) is 5.28 Å². The maximum absolute atomic E-state index is 12.2. The zero-order valence-electron chi connectivity index (χ0n) is 21.6. The summed E-state index contributed by atoms with van der Waals surface area (Å²) >= 11 is 0. The van der Waals surface area contributed by atoms with Crippen molar-refractivity contribution >= 4 is 8.03 Å². The molecule has 0 aromatic heterocycles. The lowest BCUT2D eigenvalue weighted by Gasteiger charge is -2.42. The number of aliphatic hydroxyl groups is 2. The SMILES string of the molecule is CCCCCCCCC=CCCCCCCCCC(CC)([P+](=O)[O-])[N+](C)(C)CCC(O)O. The highest BCUT2D eigenvalue weighted by atomic mass is 31.1. The standard InChI is InChI=1S/C26H53NO4P/c1-5-7-8-9-10-11-12-13-14-15-16-17-18-19-20-21-23-26(6-2,32(30)31)27(3,4)24-22-25(28)29/h13-14,25,28-29H,5-12,15-24H2,1-4H3/q+1. The van der Waals surface area contributed by atoms with Crippen LogP contribution < -0.4 is 4.89 Å². The van der Waals surface area contributed by atoms with E-state index in [4.69, 9.17) is 0 Å². The van der Waals surface area contributed by atoms with E-state index in [1.165, 1.54) is 70.6 Å². The fraction of sp³-hybridized carbons (Fsp3) is 0.923. The van der Waals surface area contributed by atoms with Gasteiger partial charge < -0.3 is 15.1 Å². The van der Waals surface area contributed by atoms with Crippen LogP contribution >= 0.6 is 8.03 Å². The van der Waals surface area contributed by atoms with Crippen molar-refractivity contribution in [2.45, 2.75) is 135 Å². The predicted molar refractivity (Wildman–Crippen MR) is 135 cm³/mol. The molecule has 0 saturated heterocycles. The topological polar surface area (TPSA) is 80.6 Å². The number of quaternary nitrogens is 1. The first-order chi connectivity index (χ1) is 15.2. The van der Waals surface area contributed by atoms with Gasteiger partial charge in [0.15, 0.2) is 6.29 Å². The van der Waals surface area contributed by atoms with Crippen molar-refractivity contribution in [2.75, 3.05) is 20.6 Å². The molecule has 190 valence electrons. The smallest absolute Gasteiger partial charge is 0.376 e. The minimum absolute atomic E-state index is 0.186. The molecule has 0 aliphatic carbocycles. The van der Waals surface area contributed by atoms with E-state index in [-0.39, 0.29) is 10.9 Å². The second kappa shape index (κ2) is 19.0. The minimum atomic E-state index is -2.61. The molecular formula is C26H53NO4P+. The van der Waals surface area contributed by atoms with Crippen LogP contribution in [-0.4, -0.2) is 46.9 Å². The van der Waals surface area contributed by atoms with Crippen molar-refractivity contribution in [2.24, 2.45) is 0 Å². The van der Waals surface area contributed by atoms with Crippen LogP contribution in [0.1, 0.15) is 123 Å². The lowest BCUT2D eigenvalue weighted by molar-refractivity contribution is -0.929. The van der Waals surface area contributed by atoms with Gasteiger partial charge in [0, 0.05) is 19.3 Å². The van der Waals surface area contributed by atoms with E-state index in [1.54, 1.807) is 0 Å². The molecule has 32 heavy (non-hydrogen) atoms. The Morgan fingerprint density at radius 3 is 1.75 bits per heavy atom. The maximum atomic E-state index is 12.2. The Kier molecular flexibility index (Phi) is 18.8. The Hall–Kier alpha value is -0.320. The average Bonchev–Trinajstić information content (AvgIpc) is 2.74. The largest absolute Gasteiger partial charge is 0.590 e. The molecule has 2 atom stereocenters. The lowest BCUT2D eigenvalue weighted by Crippen LogP contribution is -2.59. The third kappa shape index (κ3) is 13.4. The van der Waals surface area contributed by atoms with Gasteiger partial charge in [-0.05, 0) is 32.1 Å². The molecule has 0 rings (SSSR count). The molecule has 0 amide bonds. The summed E-state index contributed by atoms with van der Waals surface area (Å²) in [5, 5.41) is 17.6. The average molecular weight is 475 g/mol. The number of nitrogens with zero attached hydrogens (tertiary/aromatic N) is 1. The maximum Gasteiger partial charge on any atom is 0.376 e. The van der Waals surface area contributed by atoms with Gasteiger partial charge in [-0.2, -0.15) is 0 Å². The van der Waals surface area contributed by atoms with E-state index in [0.717, 1.165) is 19.3 Å². The summed E-state index contributed by atoms with van der Waals surface area (Å²) < 4.78 is 12.5. The quantitative estimate of drug-likeness (QED) is 0.0625. The first-order valence-electron chi connectivity index (χ1n) is 13.2. The molecule has 0 aromatic carbocycles. The first-order valence-corrected chi connectivity index (χ1v) is 14.4. The molecule has 0 aliphatic rings. The fourth-order valence-corrected chi connectivity index (χ4v) is 5.79. The van der Waals surface area contributed by atoms with Crippen LogP contribution in [0, 0.1) is 0 Å². The van der Waals surface area contributed by atoms with Gasteiger partial charge in [-0.1, -0.05) is 88.4 Å². The van der Waals surface area contributed by atoms with Crippen molar-refractivity contribution < 1.29 is 24.2 Å². The van der Waals surface area contributed by atoms with Crippen LogP contribution in [-0.2, 0) is 4.57 Å². The van der Waals surface area contributed by atoms with Gasteiger partial charge in [0.1, 0.15) is 0 Å². The van der Waals surface area contributed by atoms with Crippen molar-refractivity contribution in [3.05, 3.63) is 12.2 Å². The monoisotopic (exact) mass is 474 g/mol.